The summed E-state index contributed by atoms with van der Waals surface area (Å²) in [4.78, 5) is 12.0. The van der Waals surface area contributed by atoms with Gasteiger partial charge in [-0.25, -0.2) is 9.11 Å². The average molecular weight is 417 g/mol. The number of benzene rings is 3. The lowest BCUT2D eigenvalue weighted by Crippen LogP contribution is -2.33. The minimum Gasteiger partial charge on any atom is -0.497 e. The summed E-state index contributed by atoms with van der Waals surface area (Å²) in [5, 5.41) is 1.16. The van der Waals surface area contributed by atoms with Crippen molar-refractivity contribution in [3.8, 4) is 11.5 Å². The molecule has 0 unspecified atom stereocenters. The molecule has 0 atom stereocenters. The predicted octanol–water partition coefficient (Wildman–Crippen LogP) is 3.75. The molecule has 0 spiro atoms. The number of rotatable bonds is 8. The van der Waals surface area contributed by atoms with E-state index >= 15 is 0 Å². The SMILES string of the molecule is COc1ccc2c(F)ccc(CCCC(=O)NS(=O)(=O)Oc3ccccc3)c2c1. The zero-order chi connectivity index (χ0) is 20.9. The quantitative estimate of drug-likeness (QED) is 0.604. The number of halogens is 1. The van der Waals surface area contributed by atoms with Gasteiger partial charge < -0.3 is 8.92 Å². The summed E-state index contributed by atoms with van der Waals surface area (Å²) in [6.45, 7) is 0. The molecule has 0 aliphatic carbocycles. The fourth-order valence-corrected chi connectivity index (χ4v) is 3.74. The van der Waals surface area contributed by atoms with E-state index in [-0.39, 0.29) is 18.0 Å². The third kappa shape index (κ3) is 5.45. The van der Waals surface area contributed by atoms with E-state index in [2.05, 4.69) is 0 Å². The van der Waals surface area contributed by atoms with Crippen LogP contribution in [0.5, 0.6) is 11.5 Å². The number of para-hydroxylation sites is 1. The van der Waals surface area contributed by atoms with Gasteiger partial charge in [0.1, 0.15) is 17.3 Å². The standard InChI is InChI=1S/C21H20FNO5S/c1-27-17-11-12-18-19(14-17)15(10-13-20(18)22)6-5-9-21(24)23-29(25,26)28-16-7-3-2-4-8-16/h2-4,7-8,10-14H,5-6,9H2,1H3,(H,23,24). The number of aryl methyl sites for hydroxylation is 1. The van der Waals surface area contributed by atoms with Gasteiger partial charge in [-0.05, 0) is 60.2 Å². The van der Waals surface area contributed by atoms with Crippen molar-refractivity contribution in [1.29, 1.82) is 0 Å². The van der Waals surface area contributed by atoms with Crippen LogP contribution < -0.4 is 13.6 Å². The number of fused-ring (bicyclic) bond motifs is 1. The highest BCUT2D eigenvalue weighted by atomic mass is 32.2. The Balaban J connectivity index is 1.61. The number of amides is 1. The van der Waals surface area contributed by atoms with E-state index in [1.807, 2.05) is 4.72 Å². The maximum Gasteiger partial charge on any atom is 0.409 e. The molecule has 152 valence electrons. The normalized spacial score (nSPS) is 11.2. The van der Waals surface area contributed by atoms with Crippen molar-refractivity contribution in [3.05, 3.63) is 72.0 Å². The summed E-state index contributed by atoms with van der Waals surface area (Å²) in [5.41, 5.74) is 0.844. The summed E-state index contributed by atoms with van der Waals surface area (Å²) in [6.07, 6.45) is 0.821. The first-order chi connectivity index (χ1) is 13.9. The van der Waals surface area contributed by atoms with Gasteiger partial charge in [-0.2, -0.15) is 8.42 Å². The zero-order valence-corrected chi connectivity index (χ0v) is 16.5. The number of nitrogens with one attached hydrogen (secondary N) is 1. The molecule has 0 aliphatic heterocycles. The van der Waals surface area contributed by atoms with E-state index in [9.17, 15) is 17.6 Å². The van der Waals surface area contributed by atoms with Crippen LogP contribution in [0.25, 0.3) is 10.8 Å². The molecule has 0 aliphatic rings. The number of hydrogen-bond acceptors (Lipinski definition) is 5. The second kappa shape index (κ2) is 8.91. The van der Waals surface area contributed by atoms with Crippen molar-refractivity contribution in [2.75, 3.05) is 7.11 Å². The van der Waals surface area contributed by atoms with Crippen molar-refractivity contribution in [2.24, 2.45) is 0 Å². The average Bonchev–Trinajstić information content (AvgIpc) is 2.69. The van der Waals surface area contributed by atoms with Crippen LogP contribution in [0, 0.1) is 5.82 Å². The number of methoxy groups -OCH3 is 1. The van der Waals surface area contributed by atoms with Gasteiger partial charge in [0.15, 0.2) is 0 Å². The van der Waals surface area contributed by atoms with Crippen LogP contribution in [0.1, 0.15) is 18.4 Å². The molecule has 0 bridgehead atoms. The maximum absolute atomic E-state index is 14.0. The first-order valence-corrected chi connectivity index (χ1v) is 10.3. The topological polar surface area (TPSA) is 81.7 Å². The van der Waals surface area contributed by atoms with Crippen molar-refractivity contribution in [1.82, 2.24) is 4.72 Å². The molecular formula is C21H20FNO5S. The Labute approximate surface area is 168 Å². The van der Waals surface area contributed by atoms with E-state index in [1.54, 1.807) is 42.5 Å². The van der Waals surface area contributed by atoms with E-state index < -0.39 is 16.2 Å². The van der Waals surface area contributed by atoms with Crippen LogP contribution in [0.3, 0.4) is 0 Å². The minimum atomic E-state index is -4.24. The Bertz CT molecular complexity index is 1120. The summed E-state index contributed by atoms with van der Waals surface area (Å²) >= 11 is 0. The molecule has 0 radical (unpaired) electrons. The maximum atomic E-state index is 14.0. The van der Waals surface area contributed by atoms with E-state index in [1.165, 1.54) is 25.3 Å². The number of hydrogen-bond donors (Lipinski definition) is 1. The van der Waals surface area contributed by atoms with Crippen LogP contribution in [0.4, 0.5) is 4.39 Å². The Hall–Kier alpha value is -3.13. The molecule has 0 aromatic heterocycles. The molecule has 0 saturated carbocycles. The molecule has 0 fully saturated rings. The summed E-state index contributed by atoms with van der Waals surface area (Å²) in [7, 11) is -2.71. The Morgan fingerprint density at radius 2 is 1.76 bits per heavy atom. The lowest BCUT2D eigenvalue weighted by molar-refractivity contribution is -0.119. The Morgan fingerprint density at radius 1 is 1.00 bits per heavy atom. The fourth-order valence-electron chi connectivity index (χ4n) is 2.95. The van der Waals surface area contributed by atoms with Gasteiger partial charge in [-0.3, -0.25) is 4.79 Å². The van der Waals surface area contributed by atoms with Gasteiger partial charge >= 0.3 is 10.3 Å². The summed E-state index contributed by atoms with van der Waals surface area (Å²) in [6, 6.07) is 16.0. The monoisotopic (exact) mass is 417 g/mol. The van der Waals surface area contributed by atoms with Gasteiger partial charge in [-0.15, -0.1) is 0 Å². The largest absolute Gasteiger partial charge is 0.497 e. The molecular weight excluding hydrogens is 397 g/mol. The highest BCUT2D eigenvalue weighted by Gasteiger charge is 2.16. The van der Waals surface area contributed by atoms with Crippen LogP contribution >= 0.6 is 0 Å². The lowest BCUT2D eigenvalue weighted by atomic mass is 9.99. The molecule has 0 heterocycles. The van der Waals surface area contributed by atoms with Crippen molar-refractivity contribution >= 4 is 27.0 Å². The minimum absolute atomic E-state index is 0.0276. The van der Waals surface area contributed by atoms with Crippen LogP contribution in [0.15, 0.2) is 60.7 Å². The van der Waals surface area contributed by atoms with Crippen LogP contribution in [-0.4, -0.2) is 21.4 Å². The third-order valence-electron chi connectivity index (χ3n) is 4.30. The van der Waals surface area contributed by atoms with Crippen molar-refractivity contribution < 1.29 is 26.5 Å². The molecule has 6 nitrogen and oxygen atoms in total. The van der Waals surface area contributed by atoms with E-state index in [0.717, 1.165) is 5.56 Å². The summed E-state index contributed by atoms with van der Waals surface area (Å²) in [5.74, 6) is -0.302. The highest BCUT2D eigenvalue weighted by Crippen LogP contribution is 2.27. The van der Waals surface area contributed by atoms with E-state index in [0.29, 0.717) is 29.4 Å². The molecule has 1 N–H and O–H groups in total. The van der Waals surface area contributed by atoms with E-state index in [4.69, 9.17) is 8.92 Å². The van der Waals surface area contributed by atoms with Crippen LogP contribution in [-0.2, 0) is 21.5 Å². The Kier molecular flexibility index (Phi) is 6.33. The van der Waals surface area contributed by atoms with Gasteiger partial charge in [-0.1, -0.05) is 24.3 Å². The van der Waals surface area contributed by atoms with Gasteiger partial charge in [0.05, 0.1) is 7.11 Å². The molecule has 1 amide bonds. The molecule has 3 aromatic carbocycles. The Morgan fingerprint density at radius 3 is 2.48 bits per heavy atom. The van der Waals surface area contributed by atoms with Crippen LogP contribution in [0.2, 0.25) is 0 Å². The second-order valence-electron chi connectivity index (χ2n) is 6.35. The van der Waals surface area contributed by atoms with Gasteiger partial charge in [0.25, 0.3) is 0 Å². The van der Waals surface area contributed by atoms with Crippen molar-refractivity contribution in [2.45, 2.75) is 19.3 Å². The number of ether oxygens (including phenoxy) is 1. The molecule has 29 heavy (non-hydrogen) atoms. The number of carbonyl (C=O) groups excluding carboxylic acids is 1. The molecule has 3 aromatic rings. The van der Waals surface area contributed by atoms with Crippen molar-refractivity contribution in [3.63, 3.8) is 0 Å². The fraction of sp³-hybridized carbons (Fsp3) is 0.190. The number of carbonyl (C=O) groups is 1. The van der Waals surface area contributed by atoms with Gasteiger partial charge in [0, 0.05) is 11.8 Å². The molecule has 0 saturated heterocycles. The lowest BCUT2D eigenvalue weighted by Gasteiger charge is -2.10. The first-order valence-electron chi connectivity index (χ1n) is 8.93. The first kappa shape index (κ1) is 20.6. The smallest absolute Gasteiger partial charge is 0.409 e. The zero-order valence-electron chi connectivity index (χ0n) is 15.7. The van der Waals surface area contributed by atoms with Gasteiger partial charge in [0.2, 0.25) is 5.91 Å². The third-order valence-corrected chi connectivity index (χ3v) is 5.19. The second-order valence-corrected chi connectivity index (χ2v) is 7.63. The highest BCUT2D eigenvalue weighted by molar-refractivity contribution is 7.85. The molecule has 8 heteroatoms. The molecule has 3 rings (SSSR count). The predicted molar refractivity (Wildman–Crippen MR) is 108 cm³/mol. The summed E-state index contributed by atoms with van der Waals surface area (Å²) < 4.78 is 49.8.